The van der Waals surface area contributed by atoms with Crippen LogP contribution in [0.25, 0.3) is 0 Å². The maximum Gasteiger partial charge on any atom is 0.140 e. The number of thiazole rings is 1. The highest BCUT2D eigenvalue weighted by Gasteiger charge is 1.98. The molecule has 0 aliphatic heterocycles. The van der Waals surface area contributed by atoms with Gasteiger partial charge in [-0.3, -0.25) is 4.98 Å². The quantitative estimate of drug-likeness (QED) is 0.851. The third-order valence-electron chi connectivity index (χ3n) is 1.85. The van der Waals surface area contributed by atoms with Gasteiger partial charge in [0.2, 0.25) is 0 Å². The average Bonchev–Trinajstić information content (AvgIpc) is 2.80. The molecule has 0 saturated heterocycles. The van der Waals surface area contributed by atoms with Crippen LogP contribution in [-0.4, -0.2) is 9.97 Å². The summed E-state index contributed by atoms with van der Waals surface area (Å²) in [5.74, 6) is 0.738. The molecule has 2 heterocycles. The van der Waals surface area contributed by atoms with Crippen LogP contribution in [0.3, 0.4) is 0 Å². The second-order valence-corrected chi connectivity index (χ2v) is 3.88. The van der Waals surface area contributed by atoms with E-state index < -0.39 is 0 Å². The number of hydrogen-bond acceptors (Lipinski definition) is 5. The Hall–Kier alpha value is -1.46. The molecule has 2 aromatic rings. The van der Waals surface area contributed by atoms with E-state index in [1.165, 1.54) is 0 Å². The van der Waals surface area contributed by atoms with E-state index in [4.69, 9.17) is 10.5 Å². The van der Waals surface area contributed by atoms with Gasteiger partial charge in [-0.25, -0.2) is 4.98 Å². The van der Waals surface area contributed by atoms with Crippen molar-refractivity contribution in [2.75, 3.05) is 0 Å². The molecule has 78 valence electrons. The Balaban J connectivity index is 1.93. The van der Waals surface area contributed by atoms with Crippen LogP contribution in [0.1, 0.15) is 10.7 Å². The zero-order chi connectivity index (χ0) is 10.5. The van der Waals surface area contributed by atoms with Crippen molar-refractivity contribution >= 4 is 11.3 Å². The van der Waals surface area contributed by atoms with E-state index in [9.17, 15) is 0 Å². The number of rotatable bonds is 4. The van der Waals surface area contributed by atoms with Gasteiger partial charge >= 0.3 is 0 Å². The number of hydrogen-bond donors (Lipinski definition) is 1. The highest BCUT2D eigenvalue weighted by atomic mass is 32.1. The minimum absolute atomic E-state index is 0.451. The Kier molecular flexibility index (Phi) is 3.26. The zero-order valence-electron chi connectivity index (χ0n) is 8.09. The average molecular weight is 221 g/mol. The molecule has 0 amide bonds. The predicted octanol–water partition coefficient (Wildman–Crippen LogP) is 1.58. The Labute approximate surface area is 91.8 Å². The highest BCUT2D eigenvalue weighted by molar-refractivity contribution is 7.09. The van der Waals surface area contributed by atoms with Gasteiger partial charge in [0.15, 0.2) is 0 Å². The van der Waals surface area contributed by atoms with Crippen molar-refractivity contribution < 1.29 is 4.74 Å². The fraction of sp³-hybridized carbons (Fsp3) is 0.200. The molecule has 2 aromatic heterocycles. The van der Waals surface area contributed by atoms with Crippen LogP contribution < -0.4 is 10.5 Å². The molecule has 0 spiro atoms. The normalized spacial score (nSPS) is 10.2. The minimum atomic E-state index is 0.451. The highest BCUT2D eigenvalue weighted by Crippen LogP contribution is 2.12. The summed E-state index contributed by atoms with van der Waals surface area (Å²) in [4.78, 5) is 8.25. The monoisotopic (exact) mass is 221 g/mol. The van der Waals surface area contributed by atoms with Gasteiger partial charge in [0.25, 0.3) is 0 Å². The predicted molar refractivity (Wildman–Crippen MR) is 58.6 cm³/mol. The molecule has 0 aliphatic carbocycles. The lowest BCUT2D eigenvalue weighted by molar-refractivity contribution is 0.304. The SMILES string of the molecule is NCc1ccc(OCc2nccs2)cn1. The number of ether oxygens (including phenoxy) is 1. The van der Waals surface area contributed by atoms with Gasteiger partial charge < -0.3 is 10.5 Å². The molecule has 5 heteroatoms. The van der Waals surface area contributed by atoms with Gasteiger partial charge in [-0.2, -0.15) is 0 Å². The molecule has 15 heavy (non-hydrogen) atoms. The third-order valence-corrected chi connectivity index (χ3v) is 2.61. The number of nitrogens with two attached hydrogens (primary N) is 1. The maximum absolute atomic E-state index is 5.49. The summed E-state index contributed by atoms with van der Waals surface area (Å²) in [7, 11) is 0. The van der Waals surface area contributed by atoms with E-state index in [0.717, 1.165) is 16.5 Å². The topological polar surface area (TPSA) is 61.0 Å². The summed E-state index contributed by atoms with van der Waals surface area (Å²) in [5.41, 5.74) is 6.30. The largest absolute Gasteiger partial charge is 0.485 e. The summed E-state index contributed by atoms with van der Waals surface area (Å²) < 4.78 is 5.49. The smallest absolute Gasteiger partial charge is 0.140 e. The van der Waals surface area contributed by atoms with Crippen LogP contribution in [0.15, 0.2) is 29.9 Å². The molecule has 0 fully saturated rings. The molecule has 0 unspecified atom stereocenters. The van der Waals surface area contributed by atoms with Crippen LogP contribution in [-0.2, 0) is 13.2 Å². The van der Waals surface area contributed by atoms with Crippen LogP contribution in [0.2, 0.25) is 0 Å². The summed E-state index contributed by atoms with van der Waals surface area (Å²) >= 11 is 1.57. The molecular formula is C10H11N3OS. The molecule has 0 radical (unpaired) electrons. The molecule has 0 bridgehead atoms. The summed E-state index contributed by atoms with van der Waals surface area (Å²) in [6, 6.07) is 3.72. The maximum atomic E-state index is 5.49. The lowest BCUT2D eigenvalue weighted by Gasteiger charge is -2.03. The fourth-order valence-corrected chi connectivity index (χ4v) is 1.61. The van der Waals surface area contributed by atoms with E-state index in [1.54, 1.807) is 23.7 Å². The van der Waals surface area contributed by atoms with Crippen molar-refractivity contribution in [1.29, 1.82) is 0 Å². The summed E-state index contributed by atoms with van der Waals surface area (Å²) in [5, 5.41) is 2.88. The Morgan fingerprint density at radius 1 is 1.33 bits per heavy atom. The standard InChI is InChI=1S/C10H11N3OS/c11-5-8-1-2-9(6-13-8)14-7-10-12-3-4-15-10/h1-4,6H,5,7,11H2. The van der Waals surface area contributed by atoms with Crippen molar-refractivity contribution in [3.05, 3.63) is 40.6 Å². The van der Waals surface area contributed by atoms with Crippen molar-refractivity contribution in [1.82, 2.24) is 9.97 Å². The number of aromatic nitrogens is 2. The second-order valence-electron chi connectivity index (χ2n) is 2.90. The molecule has 2 N–H and O–H groups in total. The van der Waals surface area contributed by atoms with E-state index in [2.05, 4.69) is 9.97 Å². The molecular weight excluding hydrogens is 210 g/mol. The lowest BCUT2D eigenvalue weighted by Crippen LogP contribution is -2.00. The first-order valence-electron chi connectivity index (χ1n) is 4.54. The van der Waals surface area contributed by atoms with Crippen LogP contribution in [0.5, 0.6) is 5.75 Å². The molecule has 4 nitrogen and oxygen atoms in total. The van der Waals surface area contributed by atoms with Crippen LogP contribution >= 0.6 is 11.3 Å². The first-order valence-corrected chi connectivity index (χ1v) is 5.42. The van der Waals surface area contributed by atoms with Gasteiger partial charge in [0.05, 0.1) is 11.9 Å². The zero-order valence-corrected chi connectivity index (χ0v) is 8.91. The molecule has 0 atom stereocenters. The molecule has 2 rings (SSSR count). The number of pyridine rings is 1. The van der Waals surface area contributed by atoms with Crippen molar-refractivity contribution in [3.63, 3.8) is 0 Å². The minimum Gasteiger partial charge on any atom is -0.485 e. The Morgan fingerprint density at radius 2 is 2.27 bits per heavy atom. The van der Waals surface area contributed by atoms with Crippen molar-refractivity contribution in [3.8, 4) is 5.75 Å². The van der Waals surface area contributed by atoms with E-state index >= 15 is 0 Å². The van der Waals surface area contributed by atoms with Crippen molar-refractivity contribution in [2.45, 2.75) is 13.2 Å². The van der Waals surface area contributed by atoms with E-state index in [0.29, 0.717) is 13.2 Å². The Bertz CT molecular complexity index is 399. The van der Waals surface area contributed by atoms with E-state index in [1.807, 2.05) is 17.5 Å². The van der Waals surface area contributed by atoms with Gasteiger partial charge in [-0.15, -0.1) is 11.3 Å². The summed E-state index contributed by atoms with van der Waals surface area (Å²) in [6.07, 6.45) is 3.44. The molecule has 0 aromatic carbocycles. The second kappa shape index (κ2) is 4.86. The van der Waals surface area contributed by atoms with Gasteiger partial charge in [0.1, 0.15) is 17.4 Å². The first-order chi connectivity index (χ1) is 7.38. The third kappa shape index (κ3) is 2.74. The van der Waals surface area contributed by atoms with Crippen molar-refractivity contribution in [2.24, 2.45) is 5.73 Å². The van der Waals surface area contributed by atoms with Gasteiger partial charge in [-0.1, -0.05) is 0 Å². The van der Waals surface area contributed by atoms with Gasteiger partial charge in [0, 0.05) is 18.1 Å². The van der Waals surface area contributed by atoms with Gasteiger partial charge in [-0.05, 0) is 12.1 Å². The first kappa shape index (κ1) is 10.1. The lowest BCUT2D eigenvalue weighted by atomic mass is 10.3. The summed E-state index contributed by atoms with van der Waals surface area (Å²) in [6.45, 7) is 0.939. The molecule has 0 aliphatic rings. The van der Waals surface area contributed by atoms with Crippen LogP contribution in [0.4, 0.5) is 0 Å². The van der Waals surface area contributed by atoms with E-state index in [-0.39, 0.29) is 0 Å². The van der Waals surface area contributed by atoms with Crippen LogP contribution in [0, 0.1) is 0 Å². The molecule has 0 saturated carbocycles. The Morgan fingerprint density at radius 3 is 2.87 bits per heavy atom. The number of nitrogens with zero attached hydrogens (tertiary/aromatic N) is 2. The fourth-order valence-electron chi connectivity index (χ4n) is 1.09.